The number of amidine groups is 1. The molecule has 0 radical (unpaired) electrons. The molecule has 0 spiro atoms. The van der Waals surface area contributed by atoms with Crippen molar-refractivity contribution in [2.45, 2.75) is 13.0 Å². The van der Waals surface area contributed by atoms with E-state index in [1.54, 1.807) is 0 Å². The number of pyridine rings is 1. The molecule has 3 rings (SSSR count). The Bertz CT molecular complexity index is 633. The molecular weight excluding hydrogens is 224 g/mol. The molecule has 0 fully saturated rings. The van der Waals surface area contributed by atoms with Gasteiger partial charge in [-0.1, -0.05) is 18.2 Å². The fourth-order valence-corrected chi connectivity index (χ4v) is 2.63. The quantitative estimate of drug-likeness (QED) is 0.586. The van der Waals surface area contributed by atoms with Crippen LogP contribution in [0.4, 0.5) is 0 Å². The van der Waals surface area contributed by atoms with Gasteiger partial charge in [-0.25, -0.2) is 0 Å². The highest BCUT2D eigenvalue weighted by molar-refractivity contribution is 6.08. The molecule has 2 aromatic rings. The van der Waals surface area contributed by atoms with Crippen molar-refractivity contribution in [1.82, 2.24) is 9.88 Å². The van der Waals surface area contributed by atoms with E-state index in [4.69, 9.17) is 16.1 Å². The zero-order chi connectivity index (χ0) is 12.7. The average Bonchev–Trinajstić information content (AvgIpc) is 2.35. The number of hydrogen-bond donors (Lipinski definition) is 2. The van der Waals surface area contributed by atoms with E-state index < -0.39 is 0 Å². The van der Waals surface area contributed by atoms with Gasteiger partial charge in [-0.05, 0) is 18.7 Å². The maximum atomic E-state index is 7.85. The smallest absolute Gasteiger partial charge is 0.123 e. The van der Waals surface area contributed by atoms with Crippen molar-refractivity contribution in [2.24, 2.45) is 5.73 Å². The minimum absolute atomic E-state index is 0.139. The molecule has 0 saturated carbocycles. The van der Waals surface area contributed by atoms with Crippen molar-refractivity contribution in [2.75, 3.05) is 13.6 Å². The molecule has 0 saturated heterocycles. The summed E-state index contributed by atoms with van der Waals surface area (Å²) in [5.41, 5.74) is 9.80. The molecule has 0 bridgehead atoms. The van der Waals surface area contributed by atoms with Gasteiger partial charge in [0.1, 0.15) is 5.84 Å². The molecule has 0 amide bonds. The van der Waals surface area contributed by atoms with Crippen LogP contribution in [0.2, 0.25) is 0 Å². The lowest BCUT2D eigenvalue weighted by Crippen LogP contribution is -2.30. The lowest BCUT2D eigenvalue weighted by atomic mass is 9.95. The van der Waals surface area contributed by atoms with Crippen molar-refractivity contribution in [3.8, 4) is 0 Å². The molecular formula is C14H16N4. The summed E-state index contributed by atoms with van der Waals surface area (Å²) in [6.07, 6.45) is 0.928. The fraction of sp³-hybridized carbons (Fsp3) is 0.286. The summed E-state index contributed by atoms with van der Waals surface area (Å²) < 4.78 is 0. The number of nitrogen functional groups attached to an aromatic ring is 1. The monoisotopic (exact) mass is 240 g/mol. The third kappa shape index (κ3) is 1.66. The molecule has 1 aromatic carbocycles. The number of nitrogens with one attached hydrogen (secondary N) is 1. The summed E-state index contributed by atoms with van der Waals surface area (Å²) in [6.45, 7) is 1.83. The van der Waals surface area contributed by atoms with E-state index in [1.165, 1.54) is 0 Å². The topological polar surface area (TPSA) is 66.0 Å². The van der Waals surface area contributed by atoms with Gasteiger partial charge in [0.2, 0.25) is 0 Å². The SMILES string of the molecule is CN1CCc2nc3ccccc3c(C(=N)N)c2C1. The summed E-state index contributed by atoms with van der Waals surface area (Å²) in [7, 11) is 2.09. The second-order valence-electron chi connectivity index (χ2n) is 4.83. The Hall–Kier alpha value is -1.94. The Morgan fingerprint density at radius 1 is 1.39 bits per heavy atom. The van der Waals surface area contributed by atoms with E-state index in [2.05, 4.69) is 11.9 Å². The third-order valence-electron chi connectivity index (χ3n) is 3.51. The van der Waals surface area contributed by atoms with Gasteiger partial charge in [0.25, 0.3) is 0 Å². The Labute approximate surface area is 106 Å². The van der Waals surface area contributed by atoms with Gasteiger partial charge in [-0.15, -0.1) is 0 Å². The molecule has 1 aliphatic rings. The number of fused-ring (bicyclic) bond motifs is 2. The Morgan fingerprint density at radius 2 is 2.17 bits per heavy atom. The second kappa shape index (κ2) is 4.07. The summed E-state index contributed by atoms with van der Waals surface area (Å²) in [4.78, 5) is 6.96. The van der Waals surface area contributed by atoms with Crippen LogP contribution >= 0.6 is 0 Å². The van der Waals surface area contributed by atoms with Crippen LogP contribution in [0.5, 0.6) is 0 Å². The van der Waals surface area contributed by atoms with E-state index in [0.29, 0.717) is 0 Å². The van der Waals surface area contributed by atoms with Gasteiger partial charge in [0.05, 0.1) is 5.52 Å². The summed E-state index contributed by atoms with van der Waals surface area (Å²) >= 11 is 0. The molecule has 0 unspecified atom stereocenters. The zero-order valence-corrected chi connectivity index (χ0v) is 10.4. The lowest BCUT2D eigenvalue weighted by molar-refractivity contribution is 0.310. The number of nitrogens with zero attached hydrogens (tertiary/aromatic N) is 2. The standard InChI is InChI=1S/C14H16N4/c1-18-7-6-12-10(8-18)13(14(15)16)9-4-2-3-5-11(9)17-12/h2-5H,6-8H2,1H3,(H3,15,16). The van der Waals surface area contributed by atoms with Crippen LogP contribution in [0, 0.1) is 5.41 Å². The Balaban J connectivity index is 2.36. The van der Waals surface area contributed by atoms with E-state index in [9.17, 15) is 0 Å². The van der Waals surface area contributed by atoms with Crippen LogP contribution in [-0.2, 0) is 13.0 Å². The second-order valence-corrected chi connectivity index (χ2v) is 4.83. The first-order chi connectivity index (χ1) is 8.66. The first kappa shape index (κ1) is 11.2. The minimum atomic E-state index is 0.139. The van der Waals surface area contributed by atoms with E-state index in [0.717, 1.165) is 47.2 Å². The zero-order valence-electron chi connectivity index (χ0n) is 10.4. The maximum absolute atomic E-state index is 7.85. The van der Waals surface area contributed by atoms with Crippen molar-refractivity contribution in [3.63, 3.8) is 0 Å². The first-order valence-electron chi connectivity index (χ1n) is 6.10. The van der Waals surface area contributed by atoms with E-state index in [-0.39, 0.29) is 5.84 Å². The largest absolute Gasteiger partial charge is 0.384 e. The predicted molar refractivity (Wildman–Crippen MR) is 72.8 cm³/mol. The first-order valence-corrected chi connectivity index (χ1v) is 6.10. The molecule has 1 aliphatic heterocycles. The number of aromatic nitrogens is 1. The predicted octanol–water partition coefficient (Wildman–Crippen LogP) is 1.51. The normalized spacial score (nSPS) is 15.6. The minimum Gasteiger partial charge on any atom is -0.384 e. The Kier molecular flexibility index (Phi) is 2.52. The van der Waals surface area contributed by atoms with Crippen LogP contribution in [-0.4, -0.2) is 29.3 Å². The van der Waals surface area contributed by atoms with Crippen LogP contribution in [0.1, 0.15) is 16.8 Å². The van der Waals surface area contributed by atoms with Crippen LogP contribution in [0.3, 0.4) is 0 Å². The highest BCUT2D eigenvalue weighted by Crippen LogP contribution is 2.27. The number of likely N-dealkylation sites (N-methyl/N-ethyl adjacent to an activating group) is 1. The number of benzene rings is 1. The molecule has 1 aromatic heterocycles. The van der Waals surface area contributed by atoms with Crippen molar-refractivity contribution in [3.05, 3.63) is 41.1 Å². The average molecular weight is 240 g/mol. The van der Waals surface area contributed by atoms with Gasteiger partial charge in [0.15, 0.2) is 0 Å². The highest BCUT2D eigenvalue weighted by atomic mass is 15.1. The number of hydrogen-bond acceptors (Lipinski definition) is 3. The van der Waals surface area contributed by atoms with Crippen LogP contribution < -0.4 is 5.73 Å². The number of para-hydroxylation sites is 1. The maximum Gasteiger partial charge on any atom is 0.123 e. The van der Waals surface area contributed by atoms with Crippen molar-refractivity contribution in [1.29, 1.82) is 5.41 Å². The molecule has 92 valence electrons. The molecule has 3 N–H and O–H groups in total. The lowest BCUT2D eigenvalue weighted by Gasteiger charge is -2.26. The Morgan fingerprint density at radius 3 is 2.94 bits per heavy atom. The van der Waals surface area contributed by atoms with Crippen molar-refractivity contribution < 1.29 is 0 Å². The molecule has 18 heavy (non-hydrogen) atoms. The third-order valence-corrected chi connectivity index (χ3v) is 3.51. The summed E-state index contributed by atoms with van der Waals surface area (Å²) in [5, 5.41) is 8.84. The molecule has 0 atom stereocenters. The van der Waals surface area contributed by atoms with Gasteiger partial charge in [-0.3, -0.25) is 10.4 Å². The summed E-state index contributed by atoms with van der Waals surface area (Å²) in [6, 6.07) is 7.92. The molecule has 0 aliphatic carbocycles. The van der Waals surface area contributed by atoms with Gasteiger partial charge >= 0.3 is 0 Å². The van der Waals surface area contributed by atoms with Gasteiger partial charge < -0.3 is 10.6 Å². The number of nitrogens with two attached hydrogens (primary N) is 1. The van der Waals surface area contributed by atoms with Crippen LogP contribution in [0.25, 0.3) is 10.9 Å². The van der Waals surface area contributed by atoms with Gasteiger partial charge in [0, 0.05) is 36.2 Å². The fourth-order valence-electron chi connectivity index (χ4n) is 2.63. The summed E-state index contributed by atoms with van der Waals surface area (Å²) in [5.74, 6) is 0.139. The molecule has 4 heteroatoms. The molecule has 4 nitrogen and oxygen atoms in total. The van der Waals surface area contributed by atoms with Crippen LogP contribution in [0.15, 0.2) is 24.3 Å². The van der Waals surface area contributed by atoms with E-state index >= 15 is 0 Å². The highest BCUT2D eigenvalue weighted by Gasteiger charge is 2.21. The van der Waals surface area contributed by atoms with Gasteiger partial charge in [-0.2, -0.15) is 0 Å². The van der Waals surface area contributed by atoms with Crippen molar-refractivity contribution >= 4 is 16.7 Å². The number of rotatable bonds is 1. The van der Waals surface area contributed by atoms with E-state index in [1.807, 2.05) is 24.3 Å². The molecule has 2 heterocycles.